The minimum atomic E-state index is -0.585. The molecule has 5 nitrogen and oxygen atoms in total. The van der Waals surface area contributed by atoms with Gasteiger partial charge >= 0.3 is 11.9 Å². The number of aryl methyl sites for hydroxylation is 2. The van der Waals surface area contributed by atoms with E-state index in [1.165, 1.54) is 39.0 Å². The molecule has 2 unspecified atom stereocenters. The average Bonchev–Trinajstić information content (AvgIpc) is 3.30. The summed E-state index contributed by atoms with van der Waals surface area (Å²) in [6, 6.07) is 18.0. The summed E-state index contributed by atoms with van der Waals surface area (Å²) in [4.78, 5) is 23.8. The SMILES string of the molecule is C=CC(=O)Oc1cc(CCn2c3c(c4c5ccccc5ccc42)C2(C)C=CC=CC2C=C3)cc(OC(=O)C=C)c1. The third kappa shape index (κ3) is 4.30. The van der Waals surface area contributed by atoms with Gasteiger partial charge in [-0.05, 0) is 52.6 Å². The zero-order valence-electron chi connectivity index (χ0n) is 22.3. The maximum Gasteiger partial charge on any atom is 0.335 e. The fourth-order valence-corrected chi connectivity index (χ4v) is 6.01. The highest BCUT2D eigenvalue weighted by Gasteiger charge is 2.39. The van der Waals surface area contributed by atoms with Crippen LogP contribution in [0.25, 0.3) is 27.8 Å². The Balaban J connectivity index is 1.46. The molecule has 40 heavy (non-hydrogen) atoms. The Morgan fingerprint density at radius 3 is 2.40 bits per heavy atom. The van der Waals surface area contributed by atoms with Crippen LogP contribution in [0.3, 0.4) is 0 Å². The first-order valence-corrected chi connectivity index (χ1v) is 13.3. The van der Waals surface area contributed by atoms with Crippen molar-refractivity contribution >= 4 is 39.7 Å². The molecule has 3 aromatic carbocycles. The fourth-order valence-electron chi connectivity index (χ4n) is 6.01. The van der Waals surface area contributed by atoms with Crippen molar-refractivity contribution in [2.45, 2.75) is 25.3 Å². The molecule has 2 aliphatic rings. The molecule has 2 atom stereocenters. The van der Waals surface area contributed by atoms with E-state index in [1.54, 1.807) is 12.1 Å². The van der Waals surface area contributed by atoms with Crippen LogP contribution in [0.15, 0.2) is 110 Å². The van der Waals surface area contributed by atoms with Crippen molar-refractivity contribution in [3.05, 3.63) is 127 Å². The highest BCUT2D eigenvalue weighted by Crippen LogP contribution is 2.49. The maximum atomic E-state index is 11.9. The number of benzene rings is 3. The number of fused-ring (bicyclic) bond motifs is 7. The fraction of sp³-hybridized carbons (Fsp3) is 0.143. The molecule has 4 aromatic rings. The molecule has 2 aliphatic carbocycles. The van der Waals surface area contributed by atoms with Gasteiger partial charge in [0.25, 0.3) is 0 Å². The summed E-state index contributed by atoms with van der Waals surface area (Å²) in [6.45, 7) is 9.93. The molecule has 0 bridgehead atoms. The second kappa shape index (κ2) is 10.0. The lowest BCUT2D eigenvalue weighted by Crippen LogP contribution is -2.32. The van der Waals surface area contributed by atoms with Gasteiger partial charge in [0.15, 0.2) is 0 Å². The van der Waals surface area contributed by atoms with Crippen molar-refractivity contribution in [3.63, 3.8) is 0 Å². The van der Waals surface area contributed by atoms with Gasteiger partial charge in [-0.1, -0.05) is 80.8 Å². The second-order valence-corrected chi connectivity index (χ2v) is 10.3. The van der Waals surface area contributed by atoms with Crippen LogP contribution in [0.5, 0.6) is 11.5 Å². The summed E-state index contributed by atoms with van der Waals surface area (Å²) in [6.07, 6.45) is 16.2. The third-order valence-electron chi connectivity index (χ3n) is 7.89. The van der Waals surface area contributed by atoms with Gasteiger partial charge in [-0.3, -0.25) is 0 Å². The molecule has 0 radical (unpaired) electrons. The van der Waals surface area contributed by atoms with Gasteiger partial charge in [0.2, 0.25) is 0 Å². The number of rotatable bonds is 7. The molecule has 1 heterocycles. The average molecular weight is 528 g/mol. The highest BCUT2D eigenvalue weighted by molar-refractivity contribution is 6.10. The largest absolute Gasteiger partial charge is 0.423 e. The van der Waals surface area contributed by atoms with Gasteiger partial charge in [-0.2, -0.15) is 0 Å². The van der Waals surface area contributed by atoms with E-state index in [0.717, 1.165) is 17.7 Å². The van der Waals surface area contributed by atoms with E-state index < -0.39 is 11.9 Å². The van der Waals surface area contributed by atoms with E-state index in [-0.39, 0.29) is 22.8 Å². The number of allylic oxidation sites excluding steroid dienone is 5. The van der Waals surface area contributed by atoms with Gasteiger partial charge in [0, 0.05) is 52.7 Å². The molecular weight excluding hydrogens is 498 g/mol. The predicted molar refractivity (Wildman–Crippen MR) is 159 cm³/mol. The first-order valence-electron chi connectivity index (χ1n) is 13.3. The molecule has 0 fully saturated rings. The molecule has 0 saturated heterocycles. The summed E-state index contributed by atoms with van der Waals surface area (Å²) in [5.41, 5.74) is 4.39. The molecule has 1 aromatic heterocycles. The second-order valence-electron chi connectivity index (χ2n) is 10.3. The minimum absolute atomic E-state index is 0.169. The van der Waals surface area contributed by atoms with Crippen molar-refractivity contribution in [3.8, 4) is 11.5 Å². The monoisotopic (exact) mass is 527 g/mol. The standard InChI is InChI=1S/C35H29NO4/c1-4-31(37)39-26-20-23(21-27(22-26)40-32(38)5-2)17-19-36-29-15-13-24-10-6-7-12-28(24)33(29)34-30(36)16-14-25-11-8-9-18-35(25,34)3/h4-16,18,20-22,25H,1-2,17,19H2,3H3. The summed E-state index contributed by atoms with van der Waals surface area (Å²) in [5, 5.41) is 3.73. The lowest BCUT2D eigenvalue weighted by atomic mass is 9.66. The smallest absolute Gasteiger partial charge is 0.335 e. The van der Waals surface area contributed by atoms with Gasteiger partial charge < -0.3 is 14.0 Å². The summed E-state index contributed by atoms with van der Waals surface area (Å²) in [7, 11) is 0. The molecule has 0 amide bonds. The number of esters is 2. The van der Waals surface area contributed by atoms with Crippen molar-refractivity contribution in [1.82, 2.24) is 4.57 Å². The van der Waals surface area contributed by atoms with Crippen LogP contribution in [0.4, 0.5) is 0 Å². The van der Waals surface area contributed by atoms with Crippen LogP contribution in [-0.2, 0) is 28.0 Å². The van der Waals surface area contributed by atoms with Gasteiger partial charge in [-0.25, -0.2) is 9.59 Å². The van der Waals surface area contributed by atoms with Crippen LogP contribution in [0, 0.1) is 5.92 Å². The number of hydrogen-bond donors (Lipinski definition) is 0. The number of ether oxygens (including phenoxy) is 2. The Morgan fingerprint density at radius 2 is 1.68 bits per heavy atom. The normalized spacial score (nSPS) is 18.8. The van der Waals surface area contributed by atoms with Gasteiger partial charge in [0.05, 0.1) is 0 Å². The number of hydrogen-bond acceptors (Lipinski definition) is 4. The van der Waals surface area contributed by atoms with E-state index in [1.807, 2.05) is 0 Å². The molecule has 6 rings (SSSR count). The van der Waals surface area contributed by atoms with Crippen molar-refractivity contribution < 1.29 is 19.1 Å². The molecule has 0 saturated carbocycles. The molecule has 0 aliphatic heterocycles. The topological polar surface area (TPSA) is 57.5 Å². The van der Waals surface area contributed by atoms with E-state index in [0.29, 0.717) is 13.0 Å². The first-order chi connectivity index (χ1) is 19.4. The Kier molecular flexibility index (Phi) is 6.35. The third-order valence-corrected chi connectivity index (χ3v) is 7.89. The molecule has 0 N–H and O–H groups in total. The maximum absolute atomic E-state index is 11.9. The summed E-state index contributed by atoms with van der Waals surface area (Å²) in [5.74, 6) is -0.319. The van der Waals surface area contributed by atoms with Crippen LogP contribution in [0.1, 0.15) is 23.7 Å². The lowest BCUT2D eigenvalue weighted by Gasteiger charge is -2.37. The van der Waals surface area contributed by atoms with Crippen LogP contribution >= 0.6 is 0 Å². The predicted octanol–water partition coefficient (Wildman–Crippen LogP) is 7.25. The number of nitrogens with zero attached hydrogens (tertiary/aromatic N) is 1. The van der Waals surface area contributed by atoms with Gasteiger partial charge in [-0.15, -0.1) is 0 Å². The zero-order chi connectivity index (χ0) is 27.9. The quantitative estimate of drug-likeness (QED) is 0.144. The summed E-state index contributed by atoms with van der Waals surface area (Å²) >= 11 is 0. The Labute approximate surface area is 233 Å². The Morgan fingerprint density at radius 1 is 0.950 bits per heavy atom. The number of carbonyl (C=O) groups is 2. The molecule has 0 spiro atoms. The van der Waals surface area contributed by atoms with Crippen molar-refractivity contribution in [2.75, 3.05) is 0 Å². The lowest BCUT2D eigenvalue weighted by molar-refractivity contribution is -0.129. The molecule has 198 valence electrons. The van der Waals surface area contributed by atoms with Crippen LogP contribution in [0.2, 0.25) is 0 Å². The Hall–Kier alpha value is -4.90. The number of aromatic nitrogens is 1. The molecule has 5 heteroatoms. The van der Waals surface area contributed by atoms with E-state index in [4.69, 9.17) is 9.47 Å². The zero-order valence-corrected chi connectivity index (χ0v) is 22.3. The van der Waals surface area contributed by atoms with Crippen molar-refractivity contribution in [2.24, 2.45) is 5.92 Å². The first kappa shape index (κ1) is 25.4. The van der Waals surface area contributed by atoms with Crippen molar-refractivity contribution in [1.29, 1.82) is 0 Å². The minimum Gasteiger partial charge on any atom is -0.423 e. The van der Waals surface area contributed by atoms with E-state index in [2.05, 4.69) is 97.5 Å². The molecular formula is C35H29NO4. The number of carbonyl (C=O) groups excluding carboxylic acids is 2. The van der Waals surface area contributed by atoms with Crippen LogP contribution in [-0.4, -0.2) is 16.5 Å². The van der Waals surface area contributed by atoms with E-state index >= 15 is 0 Å². The summed E-state index contributed by atoms with van der Waals surface area (Å²) < 4.78 is 13.1. The Bertz CT molecular complexity index is 1760. The highest BCUT2D eigenvalue weighted by atomic mass is 16.5. The van der Waals surface area contributed by atoms with Crippen LogP contribution < -0.4 is 9.47 Å². The van der Waals surface area contributed by atoms with Gasteiger partial charge in [0.1, 0.15) is 11.5 Å². The van der Waals surface area contributed by atoms with E-state index in [9.17, 15) is 9.59 Å².